The summed E-state index contributed by atoms with van der Waals surface area (Å²) in [4.78, 5) is 23.2. The van der Waals surface area contributed by atoms with Crippen molar-refractivity contribution in [1.82, 2.24) is 0 Å². The molecule has 1 fully saturated rings. The SMILES string of the molecule is O=C=NCC1CC(CC=O)S1. The van der Waals surface area contributed by atoms with Gasteiger partial charge in [-0.25, -0.2) is 9.79 Å². The van der Waals surface area contributed by atoms with Gasteiger partial charge in [-0.05, 0) is 6.42 Å². The highest BCUT2D eigenvalue weighted by Crippen LogP contribution is 2.37. The third-order valence-corrected chi connectivity index (χ3v) is 3.13. The molecule has 4 heteroatoms. The molecule has 0 aromatic carbocycles. The van der Waals surface area contributed by atoms with Crippen LogP contribution in [-0.2, 0) is 9.59 Å². The Morgan fingerprint density at radius 2 is 2.36 bits per heavy atom. The molecule has 1 aliphatic rings. The number of aldehydes is 1. The summed E-state index contributed by atoms with van der Waals surface area (Å²) in [6, 6.07) is 0. The zero-order valence-corrected chi connectivity index (χ0v) is 6.84. The van der Waals surface area contributed by atoms with Gasteiger partial charge in [-0.15, -0.1) is 0 Å². The maximum Gasteiger partial charge on any atom is 0.234 e. The molecule has 0 aromatic rings. The van der Waals surface area contributed by atoms with Crippen LogP contribution in [0.2, 0.25) is 0 Å². The lowest BCUT2D eigenvalue weighted by molar-refractivity contribution is -0.107. The van der Waals surface area contributed by atoms with Crippen molar-refractivity contribution in [2.45, 2.75) is 23.3 Å². The zero-order valence-electron chi connectivity index (χ0n) is 6.03. The van der Waals surface area contributed by atoms with Crippen LogP contribution in [0.25, 0.3) is 0 Å². The third-order valence-electron chi connectivity index (χ3n) is 1.63. The van der Waals surface area contributed by atoms with Gasteiger partial charge in [0, 0.05) is 16.9 Å². The van der Waals surface area contributed by atoms with Gasteiger partial charge in [0.2, 0.25) is 6.08 Å². The highest BCUT2D eigenvalue weighted by atomic mass is 32.2. The molecule has 0 radical (unpaired) electrons. The first-order valence-corrected chi connectivity index (χ1v) is 4.44. The van der Waals surface area contributed by atoms with E-state index < -0.39 is 0 Å². The van der Waals surface area contributed by atoms with Crippen LogP contribution in [0.3, 0.4) is 0 Å². The third kappa shape index (κ3) is 2.48. The number of rotatable bonds is 4. The zero-order chi connectivity index (χ0) is 8.10. The molecular formula is C7H9NO2S. The first kappa shape index (κ1) is 8.50. The lowest BCUT2D eigenvalue weighted by Crippen LogP contribution is -2.28. The lowest BCUT2D eigenvalue weighted by atomic mass is 10.1. The molecule has 2 atom stereocenters. The number of hydrogen-bond acceptors (Lipinski definition) is 4. The summed E-state index contributed by atoms with van der Waals surface area (Å²) in [5, 5.41) is 0.917. The summed E-state index contributed by atoms with van der Waals surface area (Å²) in [6.45, 7) is 0.559. The first-order valence-electron chi connectivity index (χ1n) is 3.49. The molecular weight excluding hydrogens is 162 g/mol. The van der Waals surface area contributed by atoms with Crippen LogP contribution in [0.1, 0.15) is 12.8 Å². The van der Waals surface area contributed by atoms with E-state index in [9.17, 15) is 9.59 Å². The molecule has 0 aliphatic carbocycles. The van der Waals surface area contributed by atoms with Crippen LogP contribution in [-0.4, -0.2) is 29.4 Å². The van der Waals surface area contributed by atoms with Crippen LogP contribution in [0.15, 0.2) is 4.99 Å². The van der Waals surface area contributed by atoms with Crippen molar-refractivity contribution in [2.24, 2.45) is 4.99 Å². The van der Waals surface area contributed by atoms with Crippen molar-refractivity contribution in [1.29, 1.82) is 0 Å². The predicted octanol–water partition coefficient (Wildman–Crippen LogP) is 0.785. The fourth-order valence-electron chi connectivity index (χ4n) is 1.07. The molecule has 1 aliphatic heterocycles. The van der Waals surface area contributed by atoms with Gasteiger partial charge < -0.3 is 4.79 Å². The summed E-state index contributed by atoms with van der Waals surface area (Å²) in [7, 11) is 0. The van der Waals surface area contributed by atoms with Gasteiger partial charge in [-0.2, -0.15) is 11.8 Å². The van der Waals surface area contributed by atoms with Gasteiger partial charge in [0.1, 0.15) is 6.29 Å². The molecule has 11 heavy (non-hydrogen) atoms. The highest BCUT2D eigenvalue weighted by molar-refractivity contribution is 8.01. The minimum Gasteiger partial charge on any atom is -0.303 e. The molecule has 0 bridgehead atoms. The number of carbonyl (C=O) groups excluding carboxylic acids is 2. The number of isocyanates is 1. The summed E-state index contributed by atoms with van der Waals surface area (Å²) < 4.78 is 0. The number of thioether (sulfide) groups is 1. The Kier molecular flexibility index (Phi) is 3.33. The van der Waals surface area contributed by atoms with Gasteiger partial charge in [0.15, 0.2) is 0 Å². The molecule has 3 nitrogen and oxygen atoms in total. The van der Waals surface area contributed by atoms with Gasteiger partial charge in [-0.3, -0.25) is 0 Å². The second kappa shape index (κ2) is 4.31. The summed E-state index contributed by atoms with van der Waals surface area (Å²) in [5.41, 5.74) is 0. The monoisotopic (exact) mass is 171 g/mol. The Morgan fingerprint density at radius 3 is 2.91 bits per heavy atom. The molecule has 0 spiro atoms. The molecule has 1 saturated heterocycles. The van der Waals surface area contributed by atoms with E-state index in [1.165, 1.54) is 6.08 Å². The Bertz CT molecular complexity index is 183. The molecule has 60 valence electrons. The van der Waals surface area contributed by atoms with Crippen LogP contribution in [0.4, 0.5) is 0 Å². The van der Waals surface area contributed by atoms with E-state index in [-0.39, 0.29) is 0 Å². The maximum absolute atomic E-state index is 10.0. The first-order chi connectivity index (χ1) is 5.36. The minimum atomic E-state index is 0.446. The number of nitrogens with zero attached hydrogens (tertiary/aromatic N) is 1. The Morgan fingerprint density at radius 1 is 1.64 bits per heavy atom. The molecule has 0 N–H and O–H groups in total. The molecule has 0 aromatic heterocycles. The van der Waals surface area contributed by atoms with Crippen LogP contribution < -0.4 is 0 Å². The van der Waals surface area contributed by atoms with Crippen molar-refractivity contribution < 1.29 is 9.59 Å². The van der Waals surface area contributed by atoms with Gasteiger partial charge in [-0.1, -0.05) is 0 Å². The molecule has 1 rings (SSSR count). The quantitative estimate of drug-likeness (QED) is 0.357. The average Bonchev–Trinajstić information content (AvgIpc) is 1.94. The molecule has 1 heterocycles. The van der Waals surface area contributed by atoms with Crippen molar-refractivity contribution in [3.05, 3.63) is 0 Å². The summed E-state index contributed by atoms with van der Waals surface area (Å²) in [6.07, 6.45) is 4.09. The Hall–Kier alpha value is -0.600. The predicted molar refractivity (Wildman–Crippen MR) is 43.5 cm³/mol. The number of carbonyl (C=O) groups is 1. The van der Waals surface area contributed by atoms with Crippen molar-refractivity contribution in [3.63, 3.8) is 0 Å². The Balaban J connectivity index is 2.08. The summed E-state index contributed by atoms with van der Waals surface area (Å²) in [5.74, 6) is 0. The Labute approximate surface area is 69.3 Å². The standard InChI is InChI=1S/C7H9NO2S/c9-2-1-6-3-7(11-6)4-8-5-10/h2,6-7H,1,3-4H2. The second-order valence-electron chi connectivity index (χ2n) is 2.45. The second-order valence-corrected chi connectivity index (χ2v) is 4.06. The largest absolute Gasteiger partial charge is 0.303 e. The van der Waals surface area contributed by atoms with Gasteiger partial charge in [0.25, 0.3) is 0 Å². The van der Waals surface area contributed by atoms with Gasteiger partial charge >= 0.3 is 0 Å². The smallest absolute Gasteiger partial charge is 0.234 e. The fraction of sp³-hybridized carbons (Fsp3) is 0.714. The van der Waals surface area contributed by atoms with E-state index in [0.29, 0.717) is 23.5 Å². The van der Waals surface area contributed by atoms with Crippen LogP contribution in [0, 0.1) is 0 Å². The molecule has 0 amide bonds. The van der Waals surface area contributed by atoms with E-state index in [0.717, 1.165) is 12.7 Å². The van der Waals surface area contributed by atoms with Crippen molar-refractivity contribution in [2.75, 3.05) is 6.54 Å². The van der Waals surface area contributed by atoms with Crippen molar-refractivity contribution >= 4 is 24.1 Å². The van der Waals surface area contributed by atoms with Crippen molar-refractivity contribution in [3.8, 4) is 0 Å². The number of aliphatic imine (C=N–C) groups is 1. The summed E-state index contributed by atoms with van der Waals surface area (Å²) >= 11 is 1.73. The minimum absolute atomic E-state index is 0.446. The van der Waals surface area contributed by atoms with Crippen LogP contribution in [0.5, 0.6) is 0 Å². The van der Waals surface area contributed by atoms with E-state index in [1.807, 2.05) is 0 Å². The van der Waals surface area contributed by atoms with E-state index >= 15 is 0 Å². The molecule has 2 unspecified atom stereocenters. The normalized spacial score (nSPS) is 28.4. The van der Waals surface area contributed by atoms with E-state index in [1.54, 1.807) is 11.8 Å². The van der Waals surface area contributed by atoms with Crippen LogP contribution >= 0.6 is 11.8 Å². The van der Waals surface area contributed by atoms with E-state index in [4.69, 9.17) is 0 Å². The average molecular weight is 171 g/mol. The number of hydrogen-bond donors (Lipinski definition) is 0. The van der Waals surface area contributed by atoms with Gasteiger partial charge in [0.05, 0.1) is 6.54 Å². The molecule has 0 saturated carbocycles. The maximum atomic E-state index is 10.0. The topological polar surface area (TPSA) is 46.5 Å². The highest BCUT2D eigenvalue weighted by Gasteiger charge is 2.28. The van der Waals surface area contributed by atoms with E-state index in [2.05, 4.69) is 4.99 Å². The lowest BCUT2D eigenvalue weighted by Gasteiger charge is -2.31. The fourth-order valence-corrected chi connectivity index (χ4v) is 2.29.